The van der Waals surface area contributed by atoms with E-state index in [-0.39, 0.29) is 23.6 Å². The molecule has 1 saturated carbocycles. The van der Waals surface area contributed by atoms with E-state index in [0.29, 0.717) is 5.82 Å². The molecule has 4 rings (SSSR count). The van der Waals surface area contributed by atoms with Gasteiger partial charge in [-0.2, -0.15) is 5.10 Å². The Morgan fingerprint density at radius 1 is 1.12 bits per heavy atom. The third-order valence-electron chi connectivity index (χ3n) is 4.16. The summed E-state index contributed by atoms with van der Waals surface area (Å²) in [5, 5.41) is 11.2. The number of halogens is 1. The molecule has 120 valence electrons. The van der Waals surface area contributed by atoms with Crippen molar-refractivity contribution in [2.24, 2.45) is 5.92 Å². The number of benzene rings is 2. The van der Waals surface area contributed by atoms with Gasteiger partial charge in [-0.15, -0.1) is 9.90 Å². The molecule has 5 nitrogen and oxygen atoms in total. The number of hydrogen-bond acceptors (Lipinski definition) is 3. The monoisotopic (exact) mass is 322 g/mol. The average Bonchev–Trinajstić information content (AvgIpc) is 3.28. The normalized spacial score (nSPS) is 19.0. The fourth-order valence-electron chi connectivity index (χ4n) is 2.79. The second-order valence-corrected chi connectivity index (χ2v) is 5.84. The minimum absolute atomic E-state index is 0.0792. The van der Waals surface area contributed by atoms with Gasteiger partial charge in [0.15, 0.2) is 5.82 Å². The Kier molecular flexibility index (Phi) is 3.57. The standard InChI is InChI=1S/C18H15FN4O/c19-13-8-6-12(7-9-13)15-10-16(15)18(24)21-17-11-20-23(22-17)14-4-2-1-3-5-14/h1-9,11,15-16H,10H2,(H,21,22,24)/t15-,16+/m0/s1. The van der Waals surface area contributed by atoms with Crippen LogP contribution < -0.4 is 5.32 Å². The van der Waals surface area contributed by atoms with Gasteiger partial charge in [0.1, 0.15) is 5.82 Å². The molecule has 1 amide bonds. The van der Waals surface area contributed by atoms with Crippen molar-refractivity contribution in [1.29, 1.82) is 0 Å². The zero-order chi connectivity index (χ0) is 16.5. The Hall–Kier alpha value is -3.02. The van der Waals surface area contributed by atoms with Crippen molar-refractivity contribution in [3.63, 3.8) is 0 Å². The quantitative estimate of drug-likeness (QED) is 0.803. The smallest absolute Gasteiger partial charge is 0.229 e. The van der Waals surface area contributed by atoms with Crippen LogP contribution in [0.2, 0.25) is 0 Å². The van der Waals surface area contributed by atoms with Crippen molar-refractivity contribution in [2.45, 2.75) is 12.3 Å². The molecule has 24 heavy (non-hydrogen) atoms. The van der Waals surface area contributed by atoms with Crippen LogP contribution in [0.3, 0.4) is 0 Å². The molecule has 1 fully saturated rings. The van der Waals surface area contributed by atoms with Crippen LogP contribution >= 0.6 is 0 Å². The van der Waals surface area contributed by atoms with Crippen molar-refractivity contribution in [3.8, 4) is 5.69 Å². The summed E-state index contributed by atoms with van der Waals surface area (Å²) < 4.78 is 13.0. The molecule has 1 heterocycles. The molecule has 3 aromatic rings. The van der Waals surface area contributed by atoms with Crippen molar-refractivity contribution in [3.05, 3.63) is 72.2 Å². The number of aromatic nitrogens is 3. The SMILES string of the molecule is O=C(Nc1cnn(-c2ccccc2)n1)[C@@H]1C[C@H]1c1ccc(F)cc1. The lowest BCUT2D eigenvalue weighted by Crippen LogP contribution is -2.15. The van der Waals surface area contributed by atoms with Crippen LogP contribution in [0.15, 0.2) is 60.8 Å². The molecule has 1 aromatic heterocycles. The van der Waals surface area contributed by atoms with Crippen molar-refractivity contribution in [2.75, 3.05) is 5.32 Å². The van der Waals surface area contributed by atoms with Crippen LogP contribution in [0.1, 0.15) is 17.9 Å². The van der Waals surface area contributed by atoms with Gasteiger partial charge >= 0.3 is 0 Å². The number of para-hydroxylation sites is 1. The van der Waals surface area contributed by atoms with Crippen LogP contribution in [0.5, 0.6) is 0 Å². The lowest BCUT2D eigenvalue weighted by atomic mass is 10.1. The lowest BCUT2D eigenvalue weighted by Gasteiger charge is -2.02. The fourth-order valence-corrected chi connectivity index (χ4v) is 2.79. The molecule has 1 aliphatic carbocycles. The third-order valence-corrected chi connectivity index (χ3v) is 4.16. The van der Waals surface area contributed by atoms with Crippen molar-refractivity contribution >= 4 is 11.7 Å². The molecule has 0 radical (unpaired) electrons. The van der Waals surface area contributed by atoms with Crippen LogP contribution in [0.4, 0.5) is 10.2 Å². The van der Waals surface area contributed by atoms with Gasteiger partial charge in [-0.3, -0.25) is 4.79 Å². The van der Waals surface area contributed by atoms with Gasteiger partial charge in [-0.05, 0) is 42.2 Å². The average molecular weight is 322 g/mol. The van der Waals surface area contributed by atoms with E-state index in [4.69, 9.17) is 0 Å². The van der Waals surface area contributed by atoms with Crippen molar-refractivity contribution in [1.82, 2.24) is 15.0 Å². The highest BCUT2D eigenvalue weighted by Gasteiger charge is 2.44. The maximum Gasteiger partial charge on any atom is 0.229 e. The van der Waals surface area contributed by atoms with E-state index in [1.54, 1.807) is 12.1 Å². The van der Waals surface area contributed by atoms with Crippen LogP contribution in [0, 0.1) is 11.7 Å². The van der Waals surface area contributed by atoms with Gasteiger partial charge in [0.05, 0.1) is 11.9 Å². The number of amides is 1. The highest BCUT2D eigenvalue weighted by Crippen LogP contribution is 2.47. The van der Waals surface area contributed by atoms with Gasteiger partial charge in [-0.1, -0.05) is 30.3 Å². The number of nitrogens with one attached hydrogen (secondary N) is 1. The molecule has 2 atom stereocenters. The first kappa shape index (κ1) is 14.6. The molecule has 2 aromatic carbocycles. The predicted molar refractivity (Wildman–Crippen MR) is 87.2 cm³/mol. The topological polar surface area (TPSA) is 59.8 Å². The second-order valence-electron chi connectivity index (χ2n) is 5.84. The molecule has 1 N–H and O–H groups in total. The Morgan fingerprint density at radius 2 is 1.88 bits per heavy atom. The summed E-state index contributed by atoms with van der Waals surface area (Å²) in [7, 11) is 0. The first-order valence-electron chi connectivity index (χ1n) is 7.75. The summed E-state index contributed by atoms with van der Waals surface area (Å²) >= 11 is 0. The lowest BCUT2D eigenvalue weighted by molar-refractivity contribution is -0.117. The van der Waals surface area contributed by atoms with E-state index >= 15 is 0 Å². The molecule has 0 aliphatic heterocycles. The molecular formula is C18H15FN4O. The van der Waals surface area contributed by atoms with E-state index in [1.807, 2.05) is 30.3 Å². The first-order valence-corrected chi connectivity index (χ1v) is 7.75. The zero-order valence-corrected chi connectivity index (χ0v) is 12.8. The van der Waals surface area contributed by atoms with Gasteiger partial charge in [0.25, 0.3) is 0 Å². The molecule has 0 unspecified atom stereocenters. The summed E-state index contributed by atoms with van der Waals surface area (Å²) in [6.07, 6.45) is 2.30. The van der Waals surface area contributed by atoms with Gasteiger partial charge in [-0.25, -0.2) is 4.39 Å². The minimum atomic E-state index is -0.266. The highest BCUT2D eigenvalue weighted by molar-refractivity contribution is 5.94. The van der Waals surface area contributed by atoms with E-state index in [0.717, 1.165) is 17.7 Å². The maximum atomic E-state index is 13.0. The van der Waals surface area contributed by atoms with E-state index in [2.05, 4.69) is 15.5 Å². The molecule has 6 heteroatoms. The number of anilines is 1. The molecular weight excluding hydrogens is 307 g/mol. The van der Waals surface area contributed by atoms with Gasteiger partial charge in [0.2, 0.25) is 5.91 Å². The largest absolute Gasteiger partial charge is 0.308 e. The summed E-state index contributed by atoms with van der Waals surface area (Å²) in [6, 6.07) is 15.8. The van der Waals surface area contributed by atoms with Crippen LogP contribution in [0.25, 0.3) is 5.69 Å². The van der Waals surface area contributed by atoms with Crippen LogP contribution in [-0.2, 0) is 4.79 Å². The number of hydrogen-bond donors (Lipinski definition) is 1. The van der Waals surface area contributed by atoms with Crippen LogP contribution in [-0.4, -0.2) is 20.9 Å². The number of nitrogens with zero attached hydrogens (tertiary/aromatic N) is 3. The summed E-state index contributed by atoms with van der Waals surface area (Å²) in [6.45, 7) is 0. The first-order chi connectivity index (χ1) is 11.7. The van der Waals surface area contributed by atoms with E-state index in [1.165, 1.54) is 23.1 Å². The Balaban J connectivity index is 1.41. The fraction of sp³-hybridized carbons (Fsp3) is 0.167. The molecule has 0 saturated heterocycles. The number of carbonyl (C=O) groups excluding carboxylic acids is 1. The highest BCUT2D eigenvalue weighted by atomic mass is 19.1. The predicted octanol–water partition coefficient (Wildman–Crippen LogP) is 3.15. The second kappa shape index (κ2) is 5.88. The minimum Gasteiger partial charge on any atom is -0.308 e. The number of carbonyl (C=O) groups is 1. The summed E-state index contributed by atoms with van der Waals surface area (Å²) in [4.78, 5) is 13.8. The maximum absolute atomic E-state index is 13.0. The van der Waals surface area contributed by atoms with E-state index < -0.39 is 0 Å². The van der Waals surface area contributed by atoms with Crippen molar-refractivity contribution < 1.29 is 9.18 Å². The molecule has 0 spiro atoms. The van der Waals surface area contributed by atoms with Gasteiger partial charge in [0, 0.05) is 5.92 Å². The van der Waals surface area contributed by atoms with Gasteiger partial charge < -0.3 is 5.32 Å². The zero-order valence-electron chi connectivity index (χ0n) is 12.8. The molecule has 0 bridgehead atoms. The molecule has 1 aliphatic rings. The Labute approximate surface area is 138 Å². The van der Waals surface area contributed by atoms with E-state index in [9.17, 15) is 9.18 Å². The summed E-state index contributed by atoms with van der Waals surface area (Å²) in [5.74, 6) is 0.128. The number of rotatable bonds is 4. The third kappa shape index (κ3) is 2.90. The summed E-state index contributed by atoms with van der Waals surface area (Å²) in [5.41, 5.74) is 1.82. The Bertz CT molecular complexity index is 860. The Morgan fingerprint density at radius 3 is 2.62 bits per heavy atom.